The monoisotopic (exact) mass is 444 g/mol. The molecule has 2 fully saturated rings. The van der Waals surface area contributed by atoms with Gasteiger partial charge in [0.05, 0.1) is 21.7 Å². The van der Waals surface area contributed by atoms with Crippen LogP contribution < -0.4 is 5.32 Å². The zero-order valence-electron chi connectivity index (χ0n) is 17.0. The third kappa shape index (κ3) is 3.70. The van der Waals surface area contributed by atoms with E-state index in [0.29, 0.717) is 12.8 Å². The number of anilines is 1. The van der Waals surface area contributed by atoms with Crippen molar-refractivity contribution >= 4 is 35.0 Å². The number of rotatable bonds is 5. The highest BCUT2D eigenvalue weighted by atomic mass is 35.5. The summed E-state index contributed by atoms with van der Waals surface area (Å²) in [5.41, 5.74) is -2.07. The standard InChI is InChI=1S/C21H24ClF3N2O3/c1-19(2)13-8-9-20(19,3)18(30)27(17(13)29)10-4-5-16(28)26-15-11-12(21(23,24)25)6-7-14(15)22/h6-7,11,13H,4-5,8-10H2,1-3H3,(H,26,28). The van der Waals surface area contributed by atoms with Crippen molar-refractivity contribution in [3.05, 3.63) is 28.8 Å². The van der Waals surface area contributed by atoms with E-state index in [4.69, 9.17) is 11.6 Å². The smallest absolute Gasteiger partial charge is 0.325 e. The van der Waals surface area contributed by atoms with Gasteiger partial charge in [-0.05, 0) is 42.9 Å². The summed E-state index contributed by atoms with van der Waals surface area (Å²) >= 11 is 5.89. The molecular formula is C21H24ClF3N2O3. The van der Waals surface area contributed by atoms with Gasteiger partial charge in [0, 0.05) is 18.9 Å². The van der Waals surface area contributed by atoms with Crippen LogP contribution in [-0.2, 0) is 20.6 Å². The molecule has 30 heavy (non-hydrogen) atoms. The van der Waals surface area contributed by atoms with Gasteiger partial charge in [-0.25, -0.2) is 0 Å². The van der Waals surface area contributed by atoms with Crippen molar-refractivity contribution in [2.45, 2.75) is 52.6 Å². The molecular weight excluding hydrogens is 421 g/mol. The molecule has 0 radical (unpaired) electrons. The number of hydrogen-bond acceptors (Lipinski definition) is 3. The van der Waals surface area contributed by atoms with Crippen molar-refractivity contribution in [3.8, 4) is 0 Å². The molecule has 1 aliphatic carbocycles. The third-order valence-corrected chi connectivity index (χ3v) is 7.19. The number of carbonyl (C=O) groups excluding carboxylic acids is 3. The average Bonchev–Trinajstić information content (AvgIpc) is 2.83. The number of piperidine rings is 1. The summed E-state index contributed by atoms with van der Waals surface area (Å²) in [6, 6.07) is 2.68. The number of imide groups is 1. The molecule has 2 atom stereocenters. The van der Waals surface area contributed by atoms with Crippen LogP contribution in [-0.4, -0.2) is 29.2 Å². The second-order valence-corrected chi connectivity index (χ2v) is 9.19. The summed E-state index contributed by atoms with van der Waals surface area (Å²) in [5, 5.41) is 2.36. The molecule has 3 amide bonds. The van der Waals surface area contributed by atoms with Gasteiger partial charge in [-0.2, -0.15) is 13.2 Å². The van der Waals surface area contributed by atoms with Gasteiger partial charge in [-0.15, -0.1) is 0 Å². The van der Waals surface area contributed by atoms with E-state index in [0.717, 1.165) is 18.2 Å². The molecule has 0 spiro atoms. The Morgan fingerprint density at radius 3 is 2.57 bits per heavy atom. The normalized spacial score (nSPS) is 25.6. The number of likely N-dealkylation sites (tertiary alicyclic amines) is 1. The Morgan fingerprint density at radius 2 is 1.93 bits per heavy atom. The number of hydrogen-bond donors (Lipinski definition) is 1. The summed E-state index contributed by atoms with van der Waals surface area (Å²) in [5.74, 6) is -1.19. The van der Waals surface area contributed by atoms with Gasteiger partial charge in [0.2, 0.25) is 17.7 Å². The Bertz CT molecular complexity index is 900. The van der Waals surface area contributed by atoms with E-state index in [9.17, 15) is 27.6 Å². The van der Waals surface area contributed by atoms with Crippen molar-refractivity contribution in [1.82, 2.24) is 4.90 Å². The van der Waals surface area contributed by atoms with Crippen molar-refractivity contribution in [1.29, 1.82) is 0 Å². The van der Waals surface area contributed by atoms with Crippen LogP contribution in [0.15, 0.2) is 18.2 Å². The van der Waals surface area contributed by atoms with Gasteiger partial charge in [-0.3, -0.25) is 19.3 Å². The van der Waals surface area contributed by atoms with E-state index in [1.54, 1.807) is 0 Å². The van der Waals surface area contributed by atoms with Crippen LogP contribution in [0.4, 0.5) is 18.9 Å². The minimum atomic E-state index is -4.55. The Balaban J connectivity index is 1.61. The number of nitrogens with zero attached hydrogens (tertiary/aromatic N) is 1. The highest BCUT2D eigenvalue weighted by Crippen LogP contribution is 2.60. The van der Waals surface area contributed by atoms with E-state index < -0.39 is 28.5 Å². The van der Waals surface area contributed by atoms with Crippen molar-refractivity contribution in [2.24, 2.45) is 16.7 Å². The first-order valence-corrected chi connectivity index (χ1v) is 10.2. The van der Waals surface area contributed by atoms with Crippen LogP contribution in [0.1, 0.15) is 52.0 Å². The largest absolute Gasteiger partial charge is 0.416 e. The first kappa shape index (κ1) is 22.6. The van der Waals surface area contributed by atoms with E-state index >= 15 is 0 Å². The molecule has 0 aromatic heterocycles. The average molecular weight is 445 g/mol. The van der Waals surface area contributed by atoms with Crippen LogP contribution in [0.2, 0.25) is 5.02 Å². The van der Waals surface area contributed by atoms with Gasteiger partial charge in [0.25, 0.3) is 0 Å². The summed E-state index contributed by atoms with van der Waals surface area (Å²) in [7, 11) is 0. The lowest BCUT2D eigenvalue weighted by Gasteiger charge is -2.47. The van der Waals surface area contributed by atoms with Gasteiger partial charge in [0.1, 0.15) is 0 Å². The highest BCUT2D eigenvalue weighted by Gasteiger charge is 2.64. The topological polar surface area (TPSA) is 66.5 Å². The van der Waals surface area contributed by atoms with Crippen LogP contribution in [0.3, 0.4) is 0 Å². The van der Waals surface area contributed by atoms with Crippen LogP contribution in [0.25, 0.3) is 0 Å². The van der Waals surface area contributed by atoms with E-state index in [1.807, 2.05) is 20.8 Å². The number of fused-ring (bicyclic) bond motifs is 2. The van der Waals surface area contributed by atoms with Crippen LogP contribution >= 0.6 is 11.6 Å². The highest BCUT2D eigenvalue weighted by molar-refractivity contribution is 6.33. The van der Waals surface area contributed by atoms with E-state index in [-0.39, 0.29) is 47.8 Å². The molecule has 1 heterocycles. The maximum atomic E-state index is 13.0. The molecule has 2 unspecified atom stereocenters. The Labute approximate surface area is 177 Å². The van der Waals surface area contributed by atoms with Crippen LogP contribution in [0, 0.1) is 16.7 Å². The zero-order valence-corrected chi connectivity index (χ0v) is 17.8. The number of halogens is 4. The van der Waals surface area contributed by atoms with Crippen LogP contribution in [0.5, 0.6) is 0 Å². The van der Waals surface area contributed by atoms with Gasteiger partial charge >= 0.3 is 6.18 Å². The number of carbonyl (C=O) groups is 3. The fourth-order valence-corrected chi connectivity index (χ4v) is 4.69. The fourth-order valence-electron chi connectivity index (χ4n) is 4.52. The fraction of sp³-hybridized carbons (Fsp3) is 0.571. The first-order valence-electron chi connectivity index (χ1n) is 9.81. The van der Waals surface area contributed by atoms with Gasteiger partial charge in [0.15, 0.2) is 0 Å². The lowest BCUT2D eigenvalue weighted by Crippen LogP contribution is -2.59. The second-order valence-electron chi connectivity index (χ2n) is 8.78. The van der Waals surface area contributed by atoms with Crippen molar-refractivity contribution in [2.75, 3.05) is 11.9 Å². The zero-order chi connectivity index (χ0) is 22.5. The molecule has 2 bridgehead atoms. The molecule has 3 rings (SSSR count). The Morgan fingerprint density at radius 1 is 1.27 bits per heavy atom. The summed E-state index contributed by atoms with van der Waals surface area (Å²) in [6.45, 7) is 5.88. The predicted octanol–water partition coefficient (Wildman–Crippen LogP) is 4.89. The summed E-state index contributed by atoms with van der Waals surface area (Å²) in [6.07, 6.45) is -3.08. The molecule has 5 nitrogen and oxygen atoms in total. The minimum Gasteiger partial charge on any atom is -0.325 e. The molecule has 1 aromatic carbocycles. The lowest BCUT2D eigenvalue weighted by atomic mass is 9.62. The first-order chi connectivity index (χ1) is 13.8. The molecule has 1 aliphatic heterocycles. The molecule has 1 saturated carbocycles. The number of amides is 3. The Hall–Kier alpha value is -2.09. The van der Waals surface area contributed by atoms with Gasteiger partial charge in [-0.1, -0.05) is 32.4 Å². The maximum absolute atomic E-state index is 13.0. The number of alkyl halides is 3. The quantitative estimate of drug-likeness (QED) is 0.657. The van der Waals surface area contributed by atoms with Gasteiger partial charge < -0.3 is 5.32 Å². The van der Waals surface area contributed by atoms with Crippen molar-refractivity contribution in [3.63, 3.8) is 0 Å². The SMILES string of the molecule is CC12CCC(C(=O)N(CCCC(=O)Nc3cc(C(F)(F)F)ccc3Cl)C1=O)C2(C)C. The maximum Gasteiger partial charge on any atom is 0.416 e. The molecule has 1 saturated heterocycles. The molecule has 2 aliphatic rings. The number of benzene rings is 1. The van der Waals surface area contributed by atoms with Crippen molar-refractivity contribution < 1.29 is 27.6 Å². The molecule has 164 valence electrons. The third-order valence-electron chi connectivity index (χ3n) is 6.86. The van der Waals surface area contributed by atoms with E-state index in [1.165, 1.54) is 4.90 Å². The summed E-state index contributed by atoms with van der Waals surface area (Å²) < 4.78 is 38.5. The Kier molecular flexibility index (Phi) is 5.69. The second kappa shape index (κ2) is 7.55. The number of nitrogens with one attached hydrogen (secondary N) is 1. The molecule has 1 N–H and O–H groups in total. The predicted molar refractivity (Wildman–Crippen MR) is 106 cm³/mol. The summed E-state index contributed by atoms with van der Waals surface area (Å²) in [4.78, 5) is 39.2. The lowest BCUT2D eigenvalue weighted by molar-refractivity contribution is -0.168. The molecule has 1 aromatic rings. The molecule has 9 heteroatoms. The van der Waals surface area contributed by atoms with E-state index in [2.05, 4.69) is 5.32 Å². The minimum absolute atomic E-state index is 0.00975.